The van der Waals surface area contributed by atoms with Gasteiger partial charge in [0, 0.05) is 15.4 Å². The van der Waals surface area contributed by atoms with Crippen LogP contribution in [0.4, 0.5) is 10.1 Å². The Morgan fingerprint density at radius 1 is 1.12 bits per heavy atom. The molecule has 1 heterocycles. The Balaban J connectivity index is 1.81. The van der Waals surface area contributed by atoms with Crippen LogP contribution in [0.5, 0.6) is 0 Å². The molecule has 0 saturated carbocycles. The van der Waals surface area contributed by atoms with E-state index >= 15 is 0 Å². The van der Waals surface area contributed by atoms with E-state index in [1.54, 1.807) is 30.3 Å². The summed E-state index contributed by atoms with van der Waals surface area (Å²) < 4.78 is 15.1. The number of alkyl halides is 1. The lowest BCUT2D eigenvalue weighted by molar-refractivity contribution is -0.121. The van der Waals surface area contributed by atoms with Crippen molar-refractivity contribution in [3.05, 3.63) is 64.0 Å². The molecule has 0 radical (unpaired) electrons. The fraction of sp³-hybridized carbons (Fsp3) is 0.0588. The van der Waals surface area contributed by atoms with Gasteiger partial charge in [-0.25, -0.2) is 9.18 Å². The summed E-state index contributed by atoms with van der Waals surface area (Å²) in [5, 5.41) is 12.7. The zero-order valence-corrected chi connectivity index (χ0v) is 13.7. The van der Waals surface area contributed by atoms with Gasteiger partial charge >= 0.3 is 5.97 Å². The van der Waals surface area contributed by atoms with Crippen molar-refractivity contribution in [3.63, 3.8) is 0 Å². The van der Waals surface area contributed by atoms with E-state index < -0.39 is 18.0 Å². The van der Waals surface area contributed by atoms with Crippen LogP contribution in [-0.2, 0) is 4.79 Å². The average Bonchev–Trinajstić information content (AvgIpc) is 2.99. The second kappa shape index (κ2) is 6.59. The summed E-state index contributed by atoms with van der Waals surface area (Å²) in [6.45, 7) is 0. The molecule has 0 fully saturated rings. The Bertz CT molecular complexity index is 923. The number of hydrogen-bond donors (Lipinski definition) is 2. The number of halogens is 2. The lowest BCUT2D eigenvalue weighted by atomic mass is 10.1. The van der Waals surface area contributed by atoms with Crippen molar-refractivity contribution in [2.75, 3.05) is 5.32 Å². The van der Waals surface area contributed by atoms with Crippen molar-refractivity contribution in [2.24, 2.45) is 0 Å². The van der Waals surface area contributed by atoms with E-state index in [2.05, 4.69) is 5.32 Å². The van der Waals surface area contributed by atoms with Crippen LogP contribution >= 0.6 is 22.9 Å². The number of hydrogen-bond acceptors (Lipinski definition) is 3. The molecule has 0 bridgehead atoms. The van der Waals surface area contributed by atoms with Gasteiger partial charge in [0.2, 0.25) is 6.17 Å². The van der Waals surface area contributed by atoms with E-state index in [-0.39, 0.29) is 10.4 Å². The molecule has 7 heteroatoms. The van der Waals surface area contributed by atoms with E-state index in [9.17, 15) is 14.0 Å². The van der Waals surface area contributed by atoms with Gasteiger partial charge in [0.15, 0.2) is 0 Å². The summed E-state index contributed by atoms with van der Waals surface area (Å²) in [6, 6.07) is 12.4. The molecule has 0 aliphatic heterocycles. The quantitative estimate of drug-likeness (QED) is 0.692. The van der Waals surface area contributed by atoms with Gasteiger partial charge < -0.3 is 10.4 Å². The topological polar surface area (TPSA) is 66.4 Å². The van der Waals surface area contributed by atoms with Crippen molar-refractivity contribution >= 4 is 50.6 Å². The molecule has 1 atom stereocenters. The minimum Gasteiger partial charge on any atom is -0.477 e. The van der Waals surface area contributed by atoms with Gasteiger partial charge in [0.1, 0.15) is 4.88 Å². The smallest absolute Gasteiger partial charge is 0.345 e. The normalized spacial score (nSPS) is 12.1. The molecule has 24 heavy (non-hydrogen) atoms. The highest BCUT2D eigenvalue weighted by atomic mass is 35.5. The predicted molar refractivity (Wildman–Crippen MR) is 92.7 cm³/mol. The third kappa shape index (κ3) is 3.39. The molecule has 1 unspecified atom stereocenters. The number of benzene rings is 2. The first-order valence-electron chi connectivity index (χ1n) is 6.91. The maximum absolute atomic E-state index is 14.4. The number of carboxylic acids is 1. The highest BCUT2D eigenvalue weighted by molar-refractivity contribution is 7.20. The van der Waals surface area contributed by atoms with Crippen LogP contribution < -0.4 is 5.32 Å². The number of aromatic carboxylic acids is 1. The monoisotopic (exact) mass is 363 g/mol. The predicted octanol–water partition coefficient (Wildman–Crippen LogP) is 4.90. The maximum Gasteiger partial charge on any atom is 0.345 e. The van der Waals surface area contributed by atoms with Crippen molar-refractivity contribution in [2.45, 2.75) is 6.17 Å². The number of thiophene rings is 1. The Morgan fingerprint density at radius 3 is 2.50 bits per heavy atom. The van der Waals surface area contributed by atoms with Gasteiger partial charge in [0.25, 0.3) is 5.91 Å². The van der Waals surface area contributed by atoms with Crippen LogP contribution in [0, 0.1) is 0 Å². The molecular weight excluding hydrogens is 353 g/mol. The molecule has 3 aromatic rings. The van der Waals surface area contributed by atoms with Crippen LogP contribution in [0.2, 0.25) is 5.02 Å². The number of rotatable bonds is 4. The Kier molecular flexibility index (Phi) is 4.51. The zero-order chi connectivity index (χ0) is 17.3. The highest BCUT2D eigenvalue weighted by Gasteiger charge is 2.21. The molecule has 0 saturated heterocycles. The van der Waals surface area contributed by atoms with Crippen LogP contribution in [0.1, 0.15) is 21.4 Å². The first-order valence-corrected chi connectivity index (χ1v) is 8.11. The molecule has 1 aromatic heterocycles. The first kappa shape index (κ1) is 16.4. The first-order chi connectivity index (χ1) is 11.4. The maximum atomic E-state index is 14.4. The highest BCUT2D eigenvalue weighted by Crippen LogP contribution is 2.30. The Hall–Kier alpha value is -2.44. The van der Waals surface area contributed by atoms with E-state index in [1.165, 1.54) is 18.2 Å². The second-order valence-electron chi connectivity index (χ2n) is 5.07. The van der Waals surface area contributed by atoms with E-state index in [0.29, 0.717) is 20.8 Å². The minimum atomic E-state index is -1.86. The summed E-state index contributed by atoms with van der Waals surface area (Å²) in [6.07, 6.45) is -1.86. The average molecular weight is 364 g/mol. The largest absolute Gasteiger partial charge is 0.477 e. The van der Waals surface area contributed by atoms with Crippen LogP contribution in [-0.4, -0.2) is 17.0 Å². The fourth-order valence-corrected chi connectivity index (χ4v) is 3.28. The number of amides is 1. The molecule has 3 rings (SSSR count). The zero-order valence-electron chi connectivity index (χ0n) is 12.1. The summed E-state index contributed by atoms with van der Waals surface area (Å²) in [5.74, 6) is -1.83. The third-order valence-electron chi connectivity index (χ3n) is 3.39. The molecule has 2 aromatic carbocycles. The summed E-state index contributed by atoms with van der Waals surface area (Å²) >= 11 is 6.80. The summed E-state index contributed by atoms with van der Waals surface area (Å²) in [7, 11) is 0. The van der Waals surface area contributed by atoms with Crippen molar-refractivity contribution < 1.29 is 19.1 Å². The summed E-state index contributed by atoms with van der Waals surface area (Å²) in [4.78, 5) is 23.2. The van der Waals surface area contributed by atoms with E-state index in [4.69, 9.17) is 16.7 Å². The molecule has 4 nitrogen and oxygen atoms in total. The van der Waals surface area contributed by atoms with E-state index in [0.717, 1.165) is 11.3 Å². The molecule has 2 N–H and O–H groups in total. The van der Waals surface area contributed by atoms with Gasteiger partial charge in [-0.3, -0.25) is 4.79 Å². The van der Waals surface area contributed by atoms with Crippen LogP contribution in [0.3, 0.4) is 0 Å². The van der Waals surface area contributed by atoms with Crippen LogP contribution in [0.15, 0.2) is 48.5 Å². The van der Waals surface area contributed by atoms with Gasteiger partial charge in [-0.05, 0) is 47.3 Å². The lowest BCUT2D eigenvalue weighted by Crippen LogP contribution is -2.17. The van der Waals surface area contributed by atoms with E-state index in [1.807, 2.05) is 0 Å². The van der Waals surface area contributed by atoms with Gasteiger partial charge in [-0.15, -0.1) is 11.3 Å². The van der Waals surface area contributed by atoms with Crippen molar-refractivity contribution in [1.82, 2.24) is 0 Å². The lowest BCUT2D eigenvalue weighted by Gasteiger charge is -2.10. The standard InChI is InChI=1S/C17H11ClFNO3S/c18-11-3-5-12(6-4-11)20-16(21)15(19)10-2-1-9-7-14(17(22)23)24-13(9)8-10/h1-8,15H,(H,20,21)(H,22,23). The van der Waals surface area contributed by atoms with Crippen molar-refractivity contribution in [1.29, 1.82) is 0 Å². The number of fused-ring (bicyclic) bond motifs is 1. The molecule has 0 aliphatic carbocycles. The van der Waals surface area contributed by atoms with Gasteiger partial charge in [-0.2, -0.15) is 0 Å². The number of carboxylic acid groups (broad SMARTS) is 1. The number of anilines is 1. The minimum absolute atomic E-state index is 0.170. The molecule has 122 valence electrons. The Labute approximate surface area is 145 Å². The number of carbonyl (C=O) groups is 2. The molecular formula is C17H11ClFNO3S. The SMILES string of the molecule is O=C(O)c1cc2ccc(C(F)C(=O)Nc3ccc(Cl)cc3)cc2s1. The van der Waals surface area contributed by atoms with Gasteiger partial charge in [0.05, 0.1) is 0 Å². The molecule has 0 spiro atoms. The summed E-state index contributed by atoms with van der Waals surface area (Å²) in [5.41, 5.74) is 0.616. The Morgan fingerprint density at radius 2 is 1.83 bits per heavy atom. The van der Waals surface area contributed by atoms with Crippen LogP contribution in [0.25, 0.3) is 10.1 Å². The number of nitrogens with one attached hydrogen (secondary N) is 1. The number of carbonyl (C=O) groups excluding carboxylic acids is 1. The third-order valence-corrected chi connectivity index (χ3v) is 4.73. The van der Waals surface area contributed by atoms with Crippen molar-refractivity contribution in [3.8, 4) is 0 Å². The van der Waals surface area contributed by atoms with Gasteiger partial charge in [-0.1, -0.05) is 23.7 Å². The molecule has 1 amide bonds. The fourth-order valence-electron chi connectivity index (χ4n) is 2.20. The second-order valence-corrected chi connectivity index (χ2v) is 6.59. The molecule has 0 aliphatic rings.